The minimum atomic E-state index is -0.230. The van der Waals surface area contributed by atoms with Gasteiger partial charge >= 0.3 is 6.85 Å². The first kappa shape index (κ1) is 37.7. The van der Waals surface area contributed by atoms with Gasteiger partial charge in [-0.05, 0) is 141 Å². The molecule has 0 N–H and O–H groups in total. The standard InChI is InChI=1S/C57H51BN2OS/c1-34-30-42-43(57(7,8)29-28-56(42,5)6)33-45(34)59-46-32-36(35-16-10-9-11-17-35)31-41-50-44(26-27-49-51(50)40-19-13-15-21-48(40)62-49)60(38-24-22-37(23-25-38)55(2,3)4)58(52(41)46)54-53(59)39-18-12-14-20-47(39)61-54/h9-27,30-33H,28-29H2,1-8H3. The average molecular weight is 823 g/mol. The molecule has 2 aromatic heterocycles. The smallest absolute Gasteiger partial charge is 0.375 e. The summed E-state index contributed by atoms with van der Waals surface area (Å²) in [5, 5.41) is 3.75. The van der Waals surface area contributed by atoms with Crippen molar-refractivity contribution in [3.05, 3.63) is 162 Å². The molecule has 2 aliphatic heterocycles. The zero-order valence-electron chi connectivity index (χ0n) is 37.0. The van der Waals surface area contributed by atoms with Crippen LogP contribution in [0.25, 0.3) is 53.4 Å². The predicted octanol–water partition coefficient (Wildman–Crippen LogP) is 15.1. The van der Waals surface area contributed by atoms with Crippen LogP contribution in [0.1, 0.15) is 83.6 Å². The molecule has 4 heterocycles. The van der Waals surface area contributed by atoms with E-state index >= 15 is 0 Å². The monoisotopic (exact) mass is 822 g/mol. The van der Waals surface area contributed by atoms with E-state index < -0.39 is 0 Å². The van der Waals surface area contributed by atoms with Crippen LogP contribution in [0, 0.1) is 6.92 Å². The van der Waals surface area contributed by atoms with Crippen molar-refractivity contribution in [1.82, 2.24) is 0 Å². The van der Waals surface area contributed by atoms with Gasteiger partial charge in [0, 0.05) is 53.9 Å². The number of hydrogen-bond donors (Lipinski definition) is 0. The summed E-state index contributed by atoms with van der Waals surface area (Å²) >= 11 is 1.89. The fourth-order valence-electron chi connectivity index (χ4n) is 11.1. The van der Waals surface area contributed by atoms with E-state index in [1.807, 2.05) is 11.3 Å². The first-order valence-corrected chi connectivity index (χ1v) is 23.2. The number of para-hydroxylation sites is 1. The first-order valence-electron chi connectivity index (χ1n) is 22.3. The number of aryl methyl sites for hydroxylation is 1. The van der Waals surface area contributed by atoms with Crippen molar-refractivity contribution in [3.8, 4) is 22.3 Å². The Bertz CT molecular complexity index is 3310. The van der Waals surface area contributed by atoms with Crippen LogP contribution in [0.4, 0.5) is 28.4 Å². The molecule has 0 unspecified atom stereocenters. The van der Waals surface area contributed by atoms with Crippen LogP contribution < -0.4 is 20.8 Å². The van der Waals surface area contributed by atoms with Crippen molar-refractivity contribution in [2.45, 2.75) is 84.5 Å². The summed E-state index contributed by atoms with van der Waals surface area (Å²) in [6.45, 7) is 18.7. The largest absolute Gasteiger partial charge is 0.466 e. The predicted molar refractivity (Wildman–Crippen MR) is 267 cm³/mol. The topological polar surface area (TPSA) is 19.6 Å². The molecule has 62 heavy (non-hydrogen) atoms. The van der Waals surface area contributed by atoms with Crippen molar-refractivity contribution in [2.75, 3.05) is 9.71 Å². The molecule has 3 aliphatic rings. The molecule has 5 heteroatoms. The molecule has 0 atom stereocenters. The summed E-state index contributed by atoms with van der Waals surface area (Å²) in [7, 11) is 0. The molecule has 9 aromatic rings. The third-order valence-electron chi connectivity index (χ3n) is 14.6. The summed E-state index contributed by atoms with van der Waals surface area (Å²) in [5.74, 6) is 0. The average Bonchev–Trinajstić information content (AvgIpc) is 3.84. The minimum Gasteiger partial charge on any atom is -0.466 e. The number of anilines is 5. The SMILES string of the molecule is Cc1cc2c(cc1N1c3cc(-c4ccccc4)cc4c3B(c3oc5ccccc5c31)N(c1ccc(C(C)(C)C)cc1)c1ccc3sc5ccccc5c3c1-4)C(C)(C)CCC2(C)C. The van der Waals surface area contributed by atoms with Gasteiger partial charge in [0.05, 0.1) is 5.69 Å². The normalized spacial score (nSPS) is 16.1. The zero-order valence-corrected chi connectivity index (χ0v) is 37.8. The molecule has 1 aliphatic carbocycles. The number of furan rings is 1. The van der Waals surface area contributed by atoms with Crippen molar-refractivity contribution in [2.24, 2.45) is 0 Å². The summed E-state index contributed by atoms with van der Waals surface area (Å²) in [6, 6.07) is 52.8. The summed E-state index contributed by atoms with van der Waals surface area (Å²) in [4.78, 5) is 5.21. The Kier molecular flexibility index (Phi) is 7.91. The fourth-order valence-corrected chi connectivity index (χ4v) is 12.2. The maximum Gasteiger partial charge on any atom is 0.375 e. The van der Waals surface area contributed by atoms with Crippen molar-refractivity contribution >= 4 is 88.9 Å². The molecule has 0 bridgehead atoms. The van der Waals surface area contributed by atoms with Gasteiger partial charge in [0.1, 0.15) is 11.2 Å². The van der Waals surface area contributed by atoms with Gasteiger partial charge in [0.15, 0.2) is 0 Å². The van der Waals surface area contributed by atoms with Crippen molar-refractivity contribution in [3.63, 3.8) is 0 Å². The second-order valence-corrected chi connectivity index (χ2v) is 21.5. The molecule has 7 aromatic carbocycles. The van der Waals surface area contributed by atoms with Gasteiger partial charge in [-0.25, -0.2) is 0 Å². The molecule has 0 amide bonds. The summed E-state index contributed by atoms with van der Waals surface area (Å²) in [5.41, 5.74) is 19.8. The number of fused-ring (bicyclic) bond motifs is 11. The zero-order chi connectivity index (χ0) is 42.4. The molecule has 0 radical (unpaired) electrons. The Labute approximate surface area is 369 Å². The first-order chi connectivity index (χ1) is 29.8. The number of thiophene rings is 1. The Morgan fingerprint density at radius 3 is 2.05 bits per heavy atom. The Hall–Kier alpha value is -6.04. The van der Waals surface area contributed by atoms with Crippen LogP contribution in [0.5, 0.6) is 0 Å². The maximum absolute atomic E-state index is 7.34. The van der Waals surface area contributed by atoms with E-state index in [1.54, 1.807) is 0 Å². The lowest BCUT2D eigenvalue weighted by atomic mass is 9.45. The van der Waals surface area contributed by atoms with Gasteiger partial charge in [-0.1, -0.05) is 127 Å². The van der Waals surface area contributed by atoms with Gasteiger partial charge in [0.2, 0.25) is 0 Å². The molecular weight excluding hydrogens is 772 g/mol. The summed E-state index contributed by atoms with van der Waals surface area (Å²) in [6.07, 6.45) is 2.33. The maximum atomic E-state index is 7.34. The molecule has 0 saturated heterocycles. The Balaban J connectivity index is 1.25. The third-order valence-corrected chi connectivity index (χ3v) is 15.7. The van der Waals surface area contributed by atoms with Crippen LogP contribution in [-0.4, -0.2) is 6.85 Å². The fraction of sp³-hybridized carbons (Fsp3) is 0.228. The number of benzene rings is 7. The Morgan fingerprint density at radius 1 is 0.629 bits per heavy atom. The van der Waals surface area contributed by atoms with Crippen LogP contribution in [0.2, 0.25) is 0 Å². The van der Waals surface area contributed by atoms with E-state index in [-0.39, 0.29) is 23.1 Å². The molecule has 0 saturated carbocycles. The highest BCUT2D eigenvalue weighted by atomic mass is 32.1. The van der Waals surface area contributed by atoms with Crippen molar-refractivity contribution < 1.29 is 4.42 Å². The second-order valence-electron chi connectivity index (χ2n) is 20.4. The molecule has 304 valence electrons. The van der Waals surface area contributed by atoms with Gasteiger partial charge in [0.25, 0.3) is 0 Å². The highest BCUT2D eigenvalue weighted by Gasteiger charge is 2.50. The van der Waals surface area contributed by atoms with E-state index in [9.17, 15) is 0 Å². The highest BCUT2D eigenvalue weighted by Crippen LogP contribution is 2.55. The van der Waals surface area contributed by atoms with Crippen LogP contribution in [-0.2, 0) is 16.2 Å². The third kappa shape index (κ3) is 5.37. The lowest BCUT2D eigenvalue weighted by Crippen LogP contribution is -2.61. The van der Waals surface area contributed by atoms with Crippen LogP contribution in [0.15, 0.2) is 144 Å². The second kappa shape index (κ2) is 13.0. The van der Waals surface area contributed by atoms with Gasteiger partial charge < -0.3 is 14.1 Å². The minimum absolute atomic E-state index is 0.0292. The lowest BCUT2D eigenvalue weighted by Gasteiger charge is -2.46. The molecule has 0 fully saturated rings. The van der Waals surface area contributed by atoms with E-state index in [4.69, 9.17) is 4.42 Å². The number of hydrogen-bond acceptors (Lipinski definition) is 4. The number of nitrogens with zero attached hydrogens (tertiary/aromatic N) is 2. The molecular formula is C57H51BN2OS. The van der Waals surface area contributed by atoms with Gasteiger partial charge in [-0.15, -0.1) is 11.3 Å². The van der Waals surface area contributed by atoms with Crippen LogP contribution >= 0.6 is 11.3 Å². The summed E-state index contributed by atoms with van der Waals surface area (Å²) < 4.78 is 9.95. The van der Waals surface area contributed by atoms with E-state index in [0.717, 1.165) is 34.4 Å². The molecule has 3 nitrogen and oxygen atoms in total. The van der Waals surface area contributed by atoms with Crippen LogP contribution in [0.3, 0.4) is 0 Å². The lowest BCUT2D eigenvalue weighted by molar-refractivity contribution is 0.332. The Morgan fingerprint density at radius 2 is 1.31 bits per heavy atom. The highest BCUT2D eigenvalue weighted by molar-refractivity contribution is 7.26. The van der Waals surface area contributed by atoms with E-state index in [2.05, 4.69) is 205 Å². The van der Waals surface area contributed by atoms with Gasteiger partial charge in [-0.2, -0.15) is 0 Å². The quantitative estimate of drug-likeness (QED) is 0.166. The van der Waals surface area contributed by atoms with Gasteiger partial charge in [-0.3, -0.25) is 0 Å². The number of rotatable bonds is 3. The van der Waals surface area contributed by atoms with E-state index in [0.29, 0.717) is 0 Å². The molecule has 12 rings (SSSR count). The van der Waals surface area contributed by atoms with Crippen molar-refractivity contribution in [1.29, 1.82) is 0 Å². The van der Waals surface area contributed by atoms with E-state index in [1.165, 1.54) is 93.6 Å². The molecule has 0 spiro atoms.